The van der Waals surface area contributed by atoms with Crippen molar-refractivity contribution in [1.82, 2.24) is 20.4 Å². The van der Waals surface area contributed by atoms with Crippen molar-refractivity contribution in [1.29, 1.82) is 5.26 Å². The highest BCUT2D eigenvalue weighted by molar-refractivity contribution is 8.45. The molecule has 1 aliphatic carbocycles. The Morgan fingerprint density at radius 3 is 2.29 bits per heavy atom. The van der Waals surface area contributed by atoms with E-state index in [-0.39, 0.29) is 49.2 Å². The van der Waals surface area contributed by atoms with Gasteiger partial charge < -0.3 is 10.1 Å². The van der Waals surface area contributed by atoms with E-state index >= 15 is 0 Å². The van der Waals surface area contributed by atoms with Crippen LogP contribution in [0.3, 0.4) is 0 Å². The lowest BCUT2D eigenvalue weighted by molar-refractivity contribution is -0.129. The van der Waals surface area contributed by atoms with Crippen LogP contribution in [0.4, 0.5) is 33.9 Å². The first-order valence-electron chi connectivity index (χ1n) is 12.7. The Balaban J connectivity index is 1.80. The second kappa shape index (κ2) is 10.6. The third-order valence-electron chi connectivity index (χ3n) is 7.30. The van der Waals surface area contributed by atoms with Gasteiger partial charge in [-0.05, 0) is 43.2 Å². The number of nitrogens with one attached hydrogen (secondary N) is 1. The molecule has 230 valence electrons. The van der Waals surface area contributed by atoms with Gasteiger partial charge in [0.15, 0.2) is 6.19 Å². The predicted molar refractivity (Wildman–Crippen MR) is 137 cm³/mol. The summed E-state index contributed by atoms with van der Waals surface area (Å²) in [6.07, 6.45) is 2.43. The maximum Gasteiger partial charge on any atom is 0.310 e. The number of nitrogens with zero attached hydrogens (tertiary/aromatic N) is 5. The van der Waals surface area contributed by atoms with E-state index in [4.69, 9.17) is 4.74 Å². The van der Waals surface area contributed by atoms with Crippen molar-refractivity contribution in [2.75, 3.05) is 18.6 Å². The molecule has 0 radical (unpaired) electrons. The van der Waals surface area contributed by atoms with Gasteiger partial charge in [0, 0.05) is 49.9 Å². The molecule has 2 aromatic rings. The number of carbonyl (C=O) groups is 2. The van der Waals surface area contributed by atoms with Gasteiger partial charge in [-0.15, -0.1) is 0 Å². The Labute approximate surface area is 236 Å². The highest BCUT2D eigenvalue weighted by Gasteiger charge is 2.65. The average Bonchev–Trinajstić information content (AvgIpc) is 3.35. The van der Waals surface area contributed by atoms with Crippen molar-refractivity contribution in [3.63, 3.8) is 0 Å². The molecular formula is C25H27F7N6O3S. The standard InChI is InChI=1S/C25H27F7N6O3S/c1-41-19-12-21(37(14-19)15-33)24(40)38(18-2-4-20(5-3-18)42(28,29,30,31)32)22(16-8-11-34-35-13-16)23(39)36-17-6-9-25(26,27)10-7-17/h2-5,8,11,13,17,19,21-22H,6-7,9-10,12,14H2,1H3,(H,36,39)/t19-,21-,22-/m1/s1. The minimum Gasteiger partial charge on any atom is -0.379 e. The fourth-order valence-electron chi connectivity index (χ4n) is 5.09. The Morgan fingerprint density at radius 2 is 1.76 bits per heavy atom. The molecule has 1 aliphatic heterocycles. The molecule has 1 aromatic heterocycles. The van der Waals surface area contributed by atoms with Crippen molar-refractivity contribution in [2.24, 2.45) is 0 Å². The Bertz CT molecular complexity index is 1350. The summed E-state index contributed by atoms with van der Waals surface area (Å²) >= 11 is 0. The lowest BCUT2D eigenvalue weighted by Gasteiger charge is -2.41. The van der Waals surface area contributed by atoms with E-state index in [1.54, 1.807) is 0 Å². The Kier molecular flexibility index (Phi) is 7.87. The van der Waals surface area contributed by atoms with Crippen LogP contribution >= 0.6 is 10.2 Å². The molecule has 2 heterocycles. The largest absolute Gasteiger partial charge is 0.379 e. The molecule has 1 saturated heterocycles. The predicted octanol–water partition coefficient (Wildman–Crippen LogP) is 5.47. The number of hydrogen-bond donors (Lipinski definition) is 1. The summed E-state index contributed by atoms with van der Waals surface area (Å²) in [7, 11) is -8.72. The number of carbonyl (C=O) groups excluding carboxylic acids is 2. The number of methoxy groups -OCH3 is 1. The summed E-state index contributed by atoms with van der Waals surface area (Å²) in [6.45, 7) is 0.00433. The van der Waals surface area contributed by atoms with Crippen LogP contribution in [0.2, 0.25) is 0 Å². The first-order valence-corrected chi connectivity index (χ1v) is 14.7. The highest BCUT2D eigenvalue weighted by Crippen LogP contribution is 3.02. The number of likely N-dealkylation sites (tertiary alicyclic amines) is 1. The first kappa shape index (κ1) is 31.3. The zero-order valence-electron chi connectivity index (χ0n) is 22.1. The van der Waals surface area contributed by atoms with Gasteiger partial charge in [-0.25, -0.2) is 8.78 Å². The van der Waals surface area contributed by atoms with E-state index in [1.807, 2.05) is 6.19 Å². The fourth-order valence-corrected chi connectivity index (χ4v) is 5.74. The molecule has 1 saturated carbocycles. The molecule has 0 bridgehead atoms. The number of ether oxygens (including phenoxy) is 1. The van der Waals surface area contributed by atoms with Gasteiger partial charge in [0.05, 0.1) is 18.8 Å². The van der Waals surface area contributed by atoms with Crippen LogP contribution in [-0.4, -0.2) is 64.7 Å². The van der Waals surface area contributed by atoms with Crippen molar-refractivity contribution in [3.8, 4) is 6.19 Å². The second-order valence-electron chi connectivity index (χ2n) is 10.2. The SMILES string of the molecule is CO[C@@H]1C[C@H](C(=O)N(c2ccc(S(F)(F)(F)(F)F)cc2)[C@@H](C(=O)NC2CCC(F)(F)CC2)c2ccnnc2)N(C#N)C1. The molecule has 0 spiro atoms. The molecule has 4 rings (SSSR count). The molecule has 17 heteroatoms. The fraction of sp³-hybridized carbons (Fsp3) is 0.480. The van der Waals surface area contributed by atoms with Gasteiger partial charge in [-0.2, -0.15) is 15.5 Å². The first-order chi connectivity index (χ1) is 19.4. The lowest BCUT2D eigenvalue weighted by atomic mass is 9.91. The van der Waals surface area contributed by atoms with Crippen LogP contribution < -0.4 is 10.2 Å². The maximum atomic E-state index is 14.1. The van der Waals surface area contributed by atoms with Crippen LogP contribution in [0.1, 0.15) is 43.7 Å². The van der Waals surface area contributed by atoms with Gasteiger partial charge in [-0.3, -0.25) is 19.4 Å². The summed E-state index contributed by atoms with van der Waals surface area (Å²) in [6, 6.07) is -0.811. The molecule has 2 fully saturated rings. The van der Waals surface area contributed by atoms with Crippen LogP contribution in [0.25, 0.3) is 0 Å². The minimum atomic E-state index is -10.1. The number of anilines is 1. The number of hydrogen-bond acceptors (Lipinski definition) is 7. The minimum absolute atomic E-state index is 0.00433. The van der Waals surface area contributed by atoms with Gasteiger partial charge >= 0.3 is 10.2 Å². The topological polar surface area (TPSA) is 111 Å². The Hall–Kier alpha value is -3.65. The molecule has 2 amide bonds. The third-order valence-corrected chi connectivity index (χ3v) is 8.46. The summed E-state index contributed by atoms with van der Waals surface area (Å²) in [4.78, 5) is 27.5. The molecule has 1 N–H and O–H groups in total. The number of aromatic nitrogens is 2. The molecule has 3 atom stereocenters. The number of alkyl halides is 2. The van der Waals surface area contributed by atoms with Crippen molar-refractivity contribution < 1.29 is 42.5 Å². The van der Waals surface area contributed by atoms with Crippen molar-refractivity contribution >= 4 is 27.7 Å². The van der Waals surface area contributed by atoms with Gasteiger partial charge in [0.1, 0.15) is 17.0 Å². The van der Waals surface area contributed by atoms with Crippen LogP contribution in [0.15, 0.2) is 47.6 Å². The molecular weight excluding hydrogens is 597 g/mol. The normalized spacial score (nSPS) is 23.3. The second-order valence-corrected chi connectivity index (χ2v) is 12.7. The summed E-state index contributed by atoms with van der Waals surface area (Å²) < 4.78 is 100. The molecule has 2 aliphatic rings. The summed E-state index contributed by atoms with van der Waals surface area (Å²) in [5.41, 5.74) is -0.324. The van der Waals surface area contributed by atoms with E-state index in [0.717, 1.165) is 16.0 Å². The molecule has 0 unspecified atom stereocenters. The Morgan fingerprint density at radius 1 is 1.12 bits per heavy atom. The van der Waals surface area contributed by atoms with Crippen molar-refractivity contribution in [3.05, 3.63) is 48.3 Å². The van der Waals surface area contributed by atoms with Crippen LogP contribution in [-0.2, 0) is 14.3 Å². The number of amides is 2. The number of nitriles is 1. The van der Waals surface area contributed by atoms with Crippen molar-refractivity contribution in [2.45, 2.75) is 67.2 Å². The van der Waals surface area contributed by atoms with E-state index in [1.165, 1.54) is 19.4 Å². The maximum absolute atomic E-state index is 14.1. The number of rotatable bonds is 8. The van der Waals surface area contributed by atoms with E-state index in [2.05, 4.69) is 15.5 Å². The quantitative estimate of drug-likeness (QED) is 0.306. The number of benzene rings is 1. The summed E-state index contributed by atoms with van der Waals surface area (Å²) in [5.74, 6) is -4.69. The van der Waals surface area contributed by atoms with E-state index in [0.29, 0.717) is 12.1 Å². The van der Waals surface area contributed by atoms with Crippen LogP contribution in [0.5, 0.6) is 0 Å². The van der Waals surface area contributed by atoms with Crippen LogP contribution in [0, 0.1) is 11.5 Å². The summed E-state index contributed by atoms with van der Waals surface area (Å²) in [5, 5.41) is 19.6. The zero-order chi connectivity index (χ0) is 31.0. The van der Waals surface area contributed by atoms with Gasteiger partial charge in [0.25, 0.3) is 5.91 Å². The lowest BCUT2D eigenvalue weighted by Crippen LogP contribution is -2.52. The van der Waals surface area contributed by atoms with Gasteiger partial charge in [-0.1, -0.05) is 19.4 Å². The molecule has 1 aromatic carbocycles. The van der Waals surface area contributed by atoms with E-state index in [9.17, 15) is 43.1 Å². The van der Waals surface area contributed by atoms with E-state index < -0.39 is 69.9 Å². The molecule has 42 heavy (non-hydrogen) atoms. The third kappa shape index (κ3) is 7.04. The highest BCUT2D eigenvalue weighted by atomic mass is 32.5. The molecule has 9 nitrogen and oxygen atoms in total. The average molecular weight is 625 g/mol. The van der Waals surface area contributed by atoms with Gasteiger partial charge in [0.2, 0.25) is 11.8 Å². The smallest absolute Gasteiger partial charge is 0.310 e. The number of halogens is 7. The zero-order valence-corrected chi connectivity index (χ0v) is 22.9. The monoisotopic (exact) mass is 624 g/mol.